The third-order valence-electron chi connectivity index (χ3n) is 5.32. The molecule has 0 amide bonds. The lowest BCUT2D eigenvalue weighted by atomic mass is 9.97. The third-order valence-corrected chi connectivity index (χ3v) is 5.32. The Morgan fingerprint density at radius 1 is 0.633 bits per heavy atom. The molecule has 0 radical (unpaired) electrons. The molecule has 0 aliphatic rings. The number of pyridine rings is 1. The second kappa shape index (κ2) is 11.2. The van der Waals surface area contributed by atoms with E-state index in [1.165, 1.54) is 11.1 Å². The van der Waals surface area contributed by atoms with Crippen LogP contribution >= 0.6 is 0 Å². The van der Waals surface area contributed by atoms with Crippen LogP contribution in [0.5, 0.6) is 17.2 Å². The van der Waals surface area contributed by atoms with Gasteiger partial charge in [0, 0.05) is 11.9 Å². The van der Waals surface area contributed by atoms with E-state index in [0.29, 0.717) is 5.75 Å². The Bertz CT molecular complexity index is 839. The molecule has 30 heavy (non-hydrogen) atoms. The summed E-state index contributed by atoms with van der Waals surface area (Å²) in [6.45, 7) is 0. The van der Waals surface area contributed by atoms with Crippen LogP contribution in [0.1, 0.15) is 35.2 Å². The van der Waals surface area contributed by atoms with Crippen LogP contribution in [0.4, 0.5) is 0 Å². The van der Waals surface area contributed by atoms with Gasteiger partial charge in [-0.25, -0.2) is 0 Å². The molecular weight excluding hydrogens is 374 g/mol. The predicted molar refractivity (Wildman–Crippen MR) is 121 cm³/mol. The second-order valence-corrected chi connectivity index (χ2v) is 7.31. The highest BCUT2D eigenvalue weighted by molar-refractivity contribution is 5.60. The van der Waals surface area contributed by atoms with E-state index in [2.05, 4.69) is 47.4 Å². The molecule has 4 nitrogen and oxygen atoms in total. The summed E-state index contributed by atoms with van der Waals surface area (Å²) in [5, 5.41) is 0. The summed E-state index contributed by atoms with van der Waals surface area (Å²) < 4.78 is 17.2. The van der Waals surface area contributed by atoms with Crippen LogP contribution in [-0.4, -0.2) is 26.3 Å². The van der Waals surface area contributed by atoms with Gasteiger partial charge in [0.2, 0.25) is 5.75 Å². The molecule has 158 valence electrons. The van der Waals surface area contributed by atoms with E-state index in [1.54, 1.807) is 21.3 Å². The molecule has 0 atom stereocenters. The quantitative estimate of drug-likeness (QED) is 0.425. The molecule has 4 heteroatoms. The van der Waals surface area contributed by atoms with E-state index in [4.69, 9.17) is 14.2 Å². The first-order valence-electron chi connectivity index (χ1n) is 10.5. The molecule has 0 spiro atoms. The summed E-state index contributed by atoms with van der Waals surface area (Å²) in [7, 11) is 5.05. The molecule has 3 rings (SSSR count). The number of aryl methyl sites for hydroxylation is 4. The fourth-order valence-corrected chi connectivity index (χ4v) is 3.87. The van der Waals surface area contributed by atoms with Gasteiger partial charge < -0.3 is 14.2 Å². The van der Waals surface area contributed by atoms with Crippen molar-refractivity contribution in [3.05, 3.63) is 83.2 Å². The maximum atomic E-state index is 5.73. The Hall–Kier alpha value is -3.01. The first kappa shape index (κ1) is 21.7. The summed E-state index contributed by atoms with van der Waals surface area (Å²) in [4.78, 5) is 4.42. The van der Waals surface area contributed by atoms with Gasteiger partial charge in [0.1, 0.15) is 0 Å². The fraction of sp³-hybridized carbons (Fsp3) is 0.346. The molecular formula is C26H31NO3. The summed E-state index contributed by atoms with van der Waals surface area (Å²) in [6.07, 6.45) is 7.67. The molecule has 0 N–H and O–H groups in total. The Morgan fingerprint density at radius 3 is 1.80 bits per heavy atom. The van der Waals surface area contributed by atoms with Crippen molar-refractivity contribution in [1.29, 1.82) is 0 Å². The van der Waals surface area contributed by atoms with Crippen LogP contribution in [-0.2, 0) is 25.7 Å². The van der Waals surface area contributed by atoms with Gasteiger partial charge in [0.15, 0.2) is 11.5 Å². The normalized spacial score (nSPS) is 10.6. The minimum absolute atomic E-state index is 0.685. The molecule has 2 aromatic carbocycles. The number of hydrogen-bond acceptors (Lipinski definition) is 4. The molecule has 1 aromatic heterocycles. The Morgan fingerprint density at radius 2 is 1.23 bits per heavy atom. The van der Waals surface area contributed by atoms with E-state index < -0.39 is 0 Å². The summed E-state index contributed by atoms with van der Waals surface area (Å²) >= 11 is 0. The highest BCUT2D eigenvalue weighted by atomic mass is 16.5. The highest BCUT2D eigenvalue weighted by Crippen LogP contribution is 2.43. The maximum absolute atomic E-state index is 5.73. The largest absolute Gasteiger partial charge is 0.492 e. The molecule has 0 saturated carbocycles. The van der Waals surface area contributed by atoms with Crippen LogP contribution in [0, 0.1) is 0 Å². The van der Waals surface area contributed by atoms with E-state index in [0.717, 1.165) is 61.3 Å². The monoisotopic (exact) mass is 405 g/mol. The smallest absolute Gasteiger partial charge is 0.203 e. The zero-order chi connectivity index (χ0) is 21.2. The first-order chi connectivity index (χ1) is 14.8. The van der Waals surface area contributed by atoms with Crippen molar-refractivity contribution < 1.29 is 14.2 Å². The van der Waals surface area contributed by atoms with Crippen LogP contribution < -0.4 is 14.2 Å². The minimum Gasteiger partial charge on any atom is -0.492 e. The van der Waals surface area contributed by atoms with Gasteiger partial charge in [0.25, 0.3) is 0 Å². The predicted octanol–water partition coefficient (Wildman–Crippen LogP) is 5.46. The maximum Gasteiger partial charge on any atom is 0.203 e. The molecule has 0 saturated heterocycles. The van der Waals surface area contributed by atoms with Crippen molar-refractivity contribution in [3.63, 3.8) is 0 Å². The number of aromatic nitrogens is 1. The Labute approximate surface area is 179 Å². The first-order valence-corrected chi connectivity index (χ1v) is 10.5. The van der Waals surface area contributed by atoms with Crippen LogP contribution in [0.25, 0.3) is 0 Å². The summed E-state index contributed by atoms with van der Waals surface area (Å²) in [5.41, 5.74) is 4.78. The van der Waals surface area contributed by atoms with Crippen molar-refractivity contribution in [2.75, 3.05) is 21.3 Å². The van der Waals surface area contributed by atoms with Gasteiger partial charge in [-0.2, -0.15) is 0 Å². The van der Waals surface area contributed by atoms with E-state index in [1.807, 2.05) is 18.3 Å². The number of ether oxygens (including phenoxy) is 3. The van der Waals surface area contributed by atoms with Crippen LogP contribution in [0.2, 0.25) is 0 Å². The number of nitrogens with zero attached hydrogens (tertiary/aromatic N) is 1. The van der Waals surface area contributed by atoms with Crippen molar-refractivity contribution >= 4 is 0 Å². The van der Waals surface area contributed by atoms with E-state index in [-0.39, 0.29) is 0 Å². The molecule has 0 bridgehead atoms. The molecule has 0 fully saturated rings. The second-order valence-electron chi connectivity index (χ2n) is 7.31. The van der Waals surface area contributed by atoms with Gasteiger partial charge in [0.05, 0.1) is 21.3 Å². The lowest BCUT2D eigenvalue weighted by Gasteiger charge is -2.19. The van der Waals surface area contributed by atoms with E-state index in [9.17, 15) is 0 Å². The van der Waals surface area contributed by atoms with Crippen LogP contribution in [0.3, 0.4) is 0 Å². The molecule has 0 unspecified atom stereocenters. The summed E-state index contributed by atoms with van der Waals surface area (Å²) in [5.74, 6) is 2.23. The van der Waals surface area contributed by atoms with Crippen LogP contribution in [0.15, 0.2) is 60.8 Å². The average Bonchev–Trinajstić information content (AvgIpc) is 2.80. The lowest BCUT2D eigenvalue weighted by Crippen LogP contribution is -2.04. The Kier molecular flexibility index (Phi) is 8.13. The highest BCUT2D eigenvalue weighted by Gasteiger charge is 2.20. The average molecular weight is 406 g/mol. The summed E-state index contributed by atoms with van der Waals surface area (Å²) in [6, 6.07) is 18.9. The molecule has 3 aromatic rings. The fourth-order valence-electron chi connectivity index (χ4n) is 3.87. The number of hydrogen-bond donors (Lipinski definition) is 0. The minimum atomic E-state index is 0.685. The zero-order valence-electron chi connectivity index (χ0n) is 18.2. The van der Waals surface area contributed by atoms with E-state index >= 15 is 0 Å². The number of rotatable bonds is 11. The molecule has 0 aliphatic heterocycles. The van der Waals surface area contributed by atoms with Crippen molar-refractivity contribution in [3.8, 4) is 17.2 Å². The van der Waals surface area contributed by atoms with Gasteiger partial charge in [-0.15, -0.1) is 0 Å². The SMILES string of the molecule is COc1c(CCCc2ccccc2)cc(CCCc2ccccn2)c(OC)c1OC. The zero-order valence-corrected chi connectivity index (χ0v) is 18.2. The van der Waals surface area contributed by atoms with Gasteiger partial charge in [-0.3, -0.25) is 4.98 Å². The Balaban J connectivity index is 1.77. The third kappa shape index (κ3) is 5.53. The molecule has 1 heterocycles. The molecule has 0 aliphatic carbocycles. The lowest BCUT2D eigenvalue weighted by molar-refractivity contribution is 0.319. The number of methoxy groups -OCH3 is 3. The van der Waals surface area contributed by atoms with Crippen molar-refractivity contribution in [2.24, 2.45) is 0 Å². The standard InChI is InChI=1S/C26H31NO3/c1-28-24-21(14-9-13-20-11-5-4-6-12-20)19-22(25(29-2)26(24)30-3)15-10-17-23-16-7-8-18-27-23/h4-8,11-12,16,18-19H,9-10,13-15,17H2,1-3H3. The topological polar surface area (TPSA) is 40.6 Å². The van der Waals surface area contributed by atoms with Crippen molar-refractivity contribution in [2.45, 2.75) is 38.5 Å². The van der Waals surface area contributed by atoms with Gasteiger partial charge >= 0.3 is 0 Å². The number of benzene rings is 2. The van der Waals surface area contributed by atoms with Gasteiger partial charge in [-0.1, -0.05) is 36.4 Å². The van der Waals surface area contributed by atoms with Crippen molar-refractivity contribution in [1.82, 2.24) is 4.98 Å². The van der Waals surface area contributed by atoms with Gasteiger partial charge in [-0.05, 0) is 73.4 Å².